The molecule has 2 aliphatic heterocycles. The van der Waals surface area contributed by atoms with Crippen molar-refractivity contribution < 1.29 is 14.3 Å². The summed E-state index contributed by atoms with van der Waals surface area (Å²) in [7, 11) is 0. The summed E-state index contributed by atoms with van der Waals surface area (Å²) in [6, 6.07) is 2.14. The van der Waals surface area contributed by atoms with E-state index in [2.05, 4.69) is 21.7 Å². The third-order valence-electron chi connectivity index (χ3n) is 4.09. The molecular formula is C15H22N2O3S. The van der Waals surface area contributed by atoms with Crippen molar-refractivity contribution in [2.45, 2.75) is 19.1 Å². The molecule has 3 rings (SSSR count). The van der Waals surface area contributed by atoms with E-state index in [4.69, 9.17) is 9.47 Å². The van der Waals surface area contributed by atoms with Gasteiger partial charge in [-0.3, -0.25) is 9.69 Å². The Morgan fingerprint density at radius 2 is 2.14 bits per heavy atom. The SMILES string of the molecule is CC1(C(=O)N2CCOCC2)CN(Cc2ccsc2)CCO1. The van der Waals surface area contributed by atoms with Gasteiger partial charge in [-0.05, 0) is 29.3 Å². The molecule has 0 saturated carbocycles. The molecular weight excluding hydrogens is 288 g/mol. The van der Waals surface area contributed by atoms with Crippen LogP contribution in [-0.4, -0.2) is 67.3 Å². The van der Waals surface area contributed by atoms with Crippen LogP contribution in [0.2, 0.25) is 0 Å². The van der Waals surface area contributed by atoms with Crippen molar-refractivity contribution in [2.24, 2.45) is 0 Å². The maximum absolute atomic E-state index is 12.7. The van der Waals surface area contributed by atoms with E-state index in [9.17, 15) is 4.79 Å². The molecule has 1 atom stereocenters. The summed E-state index contributed by atoms with van der Waals surface area (Å²) in [6.07, 6.45) is 0. The van der Waals surface area contributed by atoms with Crippen LogP contribution in [0.1, 0.15) is 12.5 Å². The summed E-state index contributed by atoms with van der Waals surface area (Å²) in [5, 5.41) is 4.25. The normalized spacial score (nSPS) is 27.8. The van der Waals surface area contributed by atoms with Crippen molar-refractivity contribution in [3.8, 4) is 0 Å². The molecule has 1 amide bonds. The van der Waals surface area contributed by atoms with Gasteiger partial charge < -0.3 is 14.4 Å². The molecule has 1 aromatic heterocycles. The monoisotopic (exact) mass is 310 g/mol. The molecule has 2 saturated heterocycles. The molecule has 0 aliphatic carbocycles. The van der Waals surface area contributed by atoms with Gasteiger partial charge in [0.25, 0.3) is 5.91 Å². The second-order valence-corrected chi connectivity index (χ2v) is 6.61. The van der Waals surface area contributed by atoms with E-state index in [0.29, 0.717) is 39.5 Å². The Morgan fingerprint density at radius 3 is 2.86 bits per heavy atom. The highest BCUT2D eigenvalue weighted by Crippen LogP contribution is 2.23. The molecule has 6 heteroatoms. The summed E-state index contributed by atoms with van der Waals surface area (Å²) < 4.78 is 11.2. The fourth-order valence-corrected chi connectivity index (χ4v) is 3.62. The van der Waals surface area contributed by atoms with Gasteiger partial charge in [0, 0.05) is 32.7 Å². The van der Waals surface area contributed by atoms with Crippen LogP contribution in [0.5, 0.6) is 0 Å². The molecule has 0 spiro atoms. The second-order valence-electron chi connectivity index (χ2n) is 5.83. The van der Waals surface area contributed by atoms with E-state index in [1.807, 2.05) is 11.8 Å². The van der Waals surface area contributed by atoms with E-state index in [0.717, 1.165) is 13.1 Å². The first-order chi connectivity index (χ1) is 10.2. The number of rotatable bonds is 3. The van der Waals surface area contributed by atoms with Crippen LogP contribution in [-0.2, 0) is 20.8 Å². The summed E-state index contributed by atoms with van der Waals surface area (Å²) in [5.74, 6) is 0.0980. The number of thiophene rings is 1. The van der Waals surface area contributed by atoms with Gasteiger partial charge in [-0.1, -0.05) is 0 Å². The predicted molar refractivity (Wildman–Crippen MR) is 81.4 cm³/mol. The zero-order chi connectivity index (χ0) is 14.7. The van der Waals surface area contributed by atoms with Crippen LogP contribution in [0.4, 0.5) is 0 Å². The van der Waals surface area contributed by atoms with E-state index in [-0.39, 0.29) is 5.91 Å². The first kappa shape index (κ1) is 15.0. The highest BCUT2D eigenvalue weighted by molar-refractivity contribution is 7.07. The molecule has 1 unspecified atom stereocenters. The maximum Gasteiger partial charge on any atom is 0.256 e. The summed E-state index contributed by atoms with van der Waals surface area (Å²) in [6.45, 7) is 7.53. The lowest BCUT2D eigenvalue weighted by Gasteiger charge is -2.42. The Balaban J connectivity index is 1.64. The van der Waals surface area contributed by atoms with Crippen LogP contribution in [0, 0.1) is 0 Å². The molecule has 5 nitrogen and oxygen atoms in total. The first-order valence-corrected chi connectivity index (χ1v) is 8.36. The van der Waals surface area contributed by atoms with Crippen molar-refractivity contribution in [3.63, 3.8) is 0 Å². The van der Waals surface area contributed by atoms with Crippen LogP contribution in [0.3, 0.4) is 0 Å². The number of ether oxygens (including phenoxy) is 2. The number of carbonyl (C=O) groups is 1. The third kappa shape index (κ3) is 3.45. The standard InChI is InChI=1S/C15H22N2O3S/c1-15(14(18)17-4-6-19-7-5-17)12-16(3-8-20-15)10-13-2-9-21-11-13/h2,9,11H,3-8,10,12H2,1H3. The quantitative estimate of drug-likeness (QED) is 0.841. The Morgan fingerprint density at radius 1 is 1.33 bits per heavy atom. The zero-order valence-corrected chi connectivity index (χ0v) is 13.2. The smallest absolute Gasteiger partial charge is 0.256 e. The van der Waals surface area contributed by atoms with Gasteiger partial charge >= 0.3 is 0 Å². The van der Waals surface area contributed by atoms with Crippen LogP contribution in [0.15, 0.2) is 16.8 Å². The van der Waals surface area contributed by atoms with Crippen molar-refractivity contribution in [1.29, 1.82) is 0 Å². The number of hydrogen-bond acceptors (Lipinski definition) is 5. The number of hydrogen-bond donors (Lipinski definition) is 0. The number of carbonyl (C=O) groups excluding carboxylic acids is 1. The summed E-state index contributed by atoms with van der Waals surface area (Å²) in [5.41, 5.74) is 0.578. The van der Waals surface area contributed by atoms with Crippen molar-refractivity contribution in [3.05, 3.63) is 22.4 Å². The Hall–Kier alpha value is -0.950. The first-order valence-electron chi connectivity index (χ1n) is 7.42. The van der Waals surface area contributed by atoms with E-state index >= 15 is 0 Å². The molecule has 0 N–H and O–H groups in total. The van der Waals surface area contributed by atoms with Crippen molar-refractivity contribution in [2.75, 3.05) is 46.0 Å². The molecule has 2 fully saturated rings. The number of nitrogens with zero attached hydrogens (tertiary/aromatic N) is 2. The lowest BCUT2D eigenvalue weighted by atomic mass is 10.0. The van der Waals surface area contributed by atoms with Gasteiger partial charge in [0.2, 0.25) is 0 Å². The third-order valence-corrected chi connectivity index (χ3v) is 4.82. The van der Waals surface area contributed by atoms with Gasteiger partial charge in [-0.15, -0.1) is 0 Å². The van der Waals surface area contributed by atoms with Crippen LogP contribution < -0.4 is 0 Å². The Bertz CT molecular complexity index is 473. The van der Waals surface area contributed by atoms with Gasteiger partial charge in [0.1, 0.15) is 0 Å². The Kier molecular flexibility index (Phi) is 4.59. The molecule has 21 heavy (non-hydrogen) atoms. The largest absolute Gasteiger partial charge is 0.378 e. The average Bonchev–Trinajstić information content (AvgIpc) is 3.00. The highest BCUT2D eigenvalue weighted by Gasteiger charge is 2.42. The zero-order valence-electron chi connectivity index (χ0n) is 12.4. The topological polar surface area (TPSA) is 42.0 Å². The molecule has 0 bridgehead atoms. The summed E-state index contributed by atoms with van der Waals surface area (Å²) >= 11 is 1.71. The fraction of sp³-hybridized carbons (Fsp3) is 0.667. The maximum atomic E-state index is 12.7. The van der Waals surface area contributed by atoms with Gasteiger partial charge in [-0.2, -0.15) is 11.3 Å². The lowest BCUT2D eigenvalue weighted by Crippen LogP contribution is -2.60. The van der Waals surface area contributed by atoms with Crippen molar-refractivity contribution in [1.82, 2.24) is 9.80 Å². The van der Waals surface area contributed by atoms with Crippen molar-refractivity contribution >= 4 is 17.2 Å². The second kappa shape index (κ2) is 6.44. The number of morpholine rings is 2. The van der Waals surface area contributed by atoms with Gasteiger partial charge in [0.05, 0.1) is 19.8 Å². The molecule has 116 valence electrons. The van der Waals surface area contributed by atoms with Crippen LogP contribution in [0.25, 0.3) is 0 Å². The molecule has 0 aromatic carbocycles. The van der Waals surface area contributed by atoms with Gasteiger partial charge in [-0.25, -0.2) is 0 Å². The fourth-order valence-electron chi connectivity index (χ4n) is 2.96. The highest BCUT2D eigenvalue weighted by atomic mass is 32.1. The van der Waals surface area contributed by atoms with E-state index in [1.165, 1.54) is 5.56 Å². The summed E-state index contributed by atoms with van der Waals surface area (Å²) in [4.78, 5) is 16.9. The number of amides is 1. The lowest BCUT2D eigenvalue weighted by molar-refractivity contribution is -0.171. The minimum absolute atomic E-state index is 0.0980. The average molecular weight is 310 g/mol. The van der Waals surface area contributed by atoms with Gasteiger partial charge in [0.15, 0.2) is 5.60 Å². The molecule has 3 heterocycles. The molecule has 0 radical (unpaired) electrons. The molecule has 1 aromatic rings. The van der Waals surface area contributed by atoms with Crippen LogP contribution >= 0.6 is 11.3 Å². The van der Waals surface area contributed by atoms with E-state index < -0.39 is 5.60 Å². The Labute approximate surface area is 129 Å². The predicted octanol–water partition coefficient (Wildman–Crippen LogP) is 1.20. The minimum Gasteiger partial charge on any atom is -0.378 e. The molecule has 2 aliphatic rings. The van der Waals surface area contributed by atoms with E-state index in [1.54, 1.807) is 11.3 Å². The minimum atomic E-state index is -0.731.